The summed E-state index contributed by atoms with van der Waals surface area (Å²) in [4.78, 5) is 2.41. The average molecular weight is 258 g/mol. The number of rotatable bonds is 10. The van der Waals surface area contributed by atoms with Gasteiger partial charge in [-0.15, -0.1) is 0 Å². The molecular weight excluding hydrogens is 228 g/mol. The molecule has 0 aromatic rings. The topological polar surface area (TPSA) is 44.7 Å². The monoisotopic (exact) mass is 258 g/mol. The van der Waals surface area contributed by atoms with Crippen molar-refractivity contribution in [2.45, 2.75) is 57.7 Å². The van der Waals surface area contributed by atoms with E-state index in [1.54, 1.807) is 7.11 Å². The van der Waals surface area contributed by atoms with Gasteiger partial charge in [-0.3, -0.25) is 4.90 Å². The highest BCUT2D eigenvalue weighted by molar-refractivity contribution is 4.92. The van der Waals surface area contributed by atoms with Gasteiger partial charge in [0.15, 0.2) is 0 Å². The first-order valence-electron chi connectivity index (χ1n) is 7.16. The minimum Gasteiger partial charge on any atom is -0.394 e. The van der Waals surface area contributed by atoms with Gasteiger partial charge in [0, 0.05) is 31.3 Å². The summed E-state index contributed by atoms with van der Waals surface area (Å²) in [5, 5.41) is 13.1. The van der Waals surface area contributed by atoms with Crippen LogP contribution in [-0.2, 0) is 4.74 Å². The Morgan fingerprint density at radius 2 is 2.17 bits per heavy atom. The summed E-state index contributed by atoms with van der Waals surface area (Å²) in [6, 6.07) is 1.07. The third-order valence-corrected chi connectivity index (χ3v) is 3.87. The zero-order valence-electron chi connectivity index (χ0n) is 12.4. The van der Waals surface area contributed by atoms with Gasteiger partial charge in [0.2, 0.25) is 0 Å². The number of likely N-dealkylation sites (N-methyl/N-ethyl adjacent to an activating group) is 1. The van der Waals surface area contributed by atoms with E-state index in [1.165, 1.54) is 12.8 Å². The Kier molecular flexibility index (Phi) is 6.57. The Morgan fingerprint density at radius 1 is 1.50 bits per heavy atom. The van der Waals surface area contributed by atoms with E-state index in [0.717, 1.165) is 26.1 Å². The molecule has 1 rings (SSSR count). The molecule has 0 saturated heterocycles. The smallest absolute Gasteiger partial charge is 0.0615 e. The maximum atomic E-state index is 9.58. The number of nitrogens with one attached hydrogen (secondary N) is 1. The van der Waals surface area contributed by atoms with E-state index < -0.39 is 0 Å². The molecular formula is C14H30N2O2. The summed E-state index contributed by atoms with van der Waals surface area (Å²) >= 11 is 0. The number of hydrogen-bond donors (Lipinski definition) is 2. The van der Waals surface area contributed by atoms with Gasteiger partial charge in [-0.25, -0.2) is 0 Å². The van der Waals surface area contributed by atoms with Crippen LogP contribution in [0, 0.1) is 0 Å². The lowest BCUT2D eigenvalue weighted by molar-refractivity contribution is 0.0863. The summed E-state index contributed by atoms with van der Waals surface area (Å²) in [6.45, 7) is 9.49. The van der Waals surface area contributed by atoms with E-state index in [1.807, 2.05) is 0 Å². The molecule has 0 aromatic carbocycles. The van der Waals surface area contributed by atoms with Crippen LogP contribution < -0.4 is 5.32 Å². The highest BCUT2D eigenvalue weighted by Gasteiger charge is 2.32. The fraction of sp³-hybridized carbons (Fsp3) is 1.00. The quantitative estimate of drug-likeness (QED) is 0.619. The van der Waals surface area contributed by atoms with Crippen LogP contribution in [0.1, 0.15) is 40.0 Å². The van der Waals surface area contributed by atoms with Gasteiger partial charge in [0.05, 0.1) is 13.2 Å². The summed E-state index contributed by atoms with van der Waals surface area (Å²) < 4.78 is 5.21. The maximum absolute atomic E-state index is 9.58. The highest BCUT2D eigenvalue weighted by atomic mass is 16.5. The van der Waals surface area contributed by atoms with Crippen molar-refractivity contribution in [3.8, 4) is 0 Å². The normalized spacial score (nSPS) is 21.0. The van der Waals surface area contributed by atoms with Crippen LogP contribution in [0.5, 0.6) is 0 Å². The van der Waals surface area contributed by atoms with Crippen molar-refractivity contribution in [3.05, 3.63) is 0 Å². The fourth-order valence-corrected chi connectivity index (χ4v) is 2.34. The lowest BCUT2D eigenvalue weighted by atomic mass is 9.98. The molecule has 0 radical (unpaired) electrons. The Bertz CT molecular complexity index is 234. The Morgan fingerprint density at radius 3 is 2.61 bits per heavy atom. The van der Waals surface area contributed by atoms with Gasteiger partial charge in [-0.2, -0.15) is 0 Å². The van der Waals surface area contributed by atoms with Crippen molar-refractivity contribution >= 4 is 0 Å². The van der Waals surface area contributed by atoms with Crippen molar-refractivity contribution < 1.29 is 9.84 Å². The standard InChI is InChI=1S/C14H30N2O2/c1-5-16(12(2)10-18-4)9-8-14(3,11-17)15-13-6-7-13/h12-13,15,17H,5-11H2,1-4H3. The van der Waals surface area contributed by atoms with Gasteiger partial charge in [-0.1, -0.05) is 6.92 Å². The second-order valence-corrected chi connectivity index (χ2v) is 5.82. The molecule has 1 saturated carbocycles. The second kappa shape index (κ2) is 7.43. The summed E-state index contributed by atoms with van der Waals surface area (Å²) in [6.07, 6.45) is 3.49. The highest BCUT2D eigenvalue weighted by Crippen LogP contribution is 2.24. The van der Waals surface area contributed by atoms with E-state index in [2.05, 4.69) is 31.0 Å². The zero-order chi connectivity index (χ0) is 13.6. The Hall–Kier alpha value is -0.160. The largest absolute Gasteiger partial charge is 0.394 e. The molecule has 4 nitrogen and oxygen atoms in total. The number of nitrogens with zero attached hydrogens (tertiary/aromatic N) is 1. The molecule has 108 valence electrons. The minimum absolute atomic E-state index is 0.138. The van der Waals surface area contributed by atoms with Crippen LogP contribution in [0.25, 0.3) is 0 Å². The molecule has 4 heteroatoms. The van der Waals surface area contributed by atoms with Crippen molar-refractivity contribution in [2.24, 2.45) is 0 Å². The number of methoxy groups -OCH3 is 1. The second-order valence-electron chi connectivity index (χ2n) is 5.82. The van der Waals surface area contributed by atoms with E-state index in [-0.39, 0.29) is 12.1 Å². The SMILES string of the molecule is CCN(CCC(C)(CO)NC1CC1)C(C)COC. The number of ether oxygens (including phenoxy) is 1. The molecule has 0 aliphatic heterocycles. The van der Waals surface area contributed by atoms with Gasteiger partial charge < -0.3 is 15.2 Å². The molecule has 0 amide bonds. The predicted molar refractivity (Wildman–Crippen MR) is 74.9 cm³/mol. The molecule has 1 aliphatic carbocycles. The zero-order valence-corrected chi connectivity index (χ0v) is 12.4. The molecule has 0 bridgehead atoms. The number of aliphatic hydroxyl groups excluding tert-OH is 1. The first-order valence-corrected chi connectivity index (χ1v) is 7.16. The third kappa shape index (κ3) is 5.22. The van der Waals surface area contributed by atoms with Crippen LogP contribution >= 0.6 is 0 Å². The van der Waals surface area contributed by atoms with Crippen molar-refractivity contribution in [1.29, 1.82) is 0 Å². The lowest BCUT2D eigenvalue weighted by Crippen LogP contribution is -2.50. The molecule has 2 atom stereocenters. The van der Waals surface area contributed by atoms with Crippen LogP contribution in [0.4, 0.5) is 0 Å². The molecule has 2 N–H and O–H groups in total. The predicted octanol–water partition coefficient (Wildman–Crippen LogP) is 1.24. The molecule has 0 heterocycles. The first-order chi connectivity index (χ1) is 8.54. The summed E-state index contributed by atoms with van der Waals surface area (Å²) in [5.41, 5.74) is -0.138. The summed E-state index contributed by atoms with van der Waals surface area (Å²) in [7, 11) is 1.75. The van der Waals surface area contributed by atoms with Crippen LogP contribution in [-0.4, -0.2) is 61.0 Å². The number of hydrogen-bond acceptors (Lipinski definition) is 4. The Labute approximate surface area is 112 Å². The lowest BCUT2D eigenvalue weighted by Gasteiger charge is -2.34. The van der Waals surface area contributed by atoms with Gasteiger partial charge in [0.1, 0.15) is 0 Å². The molecule has 0 aromatic heterocycles. The minimum atomic E-state index is -0.138. The fourth-order valence-electron chi connectivity index (χ4n) is 2.34. The van der Waals surface area contributed by atoms with Crippen molar-refractivity contribution in [2.75, 3.05) is 33.4 Å². The maximum Gasteiger partial charge on any atom is 0.0615 e. The van der Waals surface area contributed by atoms with E-state index >= 15 is 0 Å². The summed E-state index contributed by atoms with van der Waals surface area (Å²) in [5.74, 6) is 0. The third-order valence-electron chi connectivity index (χ3n) is 3.87. The van der Waals surface area contributed by atoms with Gasteiger partial charge >= 0.3 is 0 Å². The molecule has 0 spiro atoms. The van der Waals surface area contributed by atoms with E-state index in [0.29, 0.717) is 12.1 Å². The molecule has 1 fully saturated rings. The van der Waals surface area contributed by atoms with Gasteiger partial charge in [0.25, 0.3) is 0 Å². The van der Waals surface area contributed by atoms with Crippen molar-refractivity contribution in [1.82, 2.24) is 10.2 Å². The number of aliphatic hydroxyl groups is 1. The first kappa shape index (κ1) is 15.9. The van der Waals surface area contributed by atoms with Crippen LogP contribution in [0.15, 0.2) is 0 Å². The van der Waals surface area contributed by atoms with Crippen LogP contribution in [0.3, 0.4) is 0 Å². The average Bonchev–Trinajstić information content (AvgIpc) is 3.14. The van der Waals surface area contributed by atoms with Crippen molar-refractivity contribution in [3.63, 3.8) is 0 Å². The molecule has 1 aliphatic rings. The van der Waals surface area contributed by atoms with E-state index in [4.69, 9.17) is 4.74 Å². The molecule has 2 unspecified atom stereocenters. The van der Waals surface area contributed by atoms with E-state index in [9.17, 15) is 5.11 Å². The van der Waals surface area contributed by atoms with Gasteiger partial charge in [-0.05, 0) is 39.7 Å². The molecule has 18 heavy (non-hydrogen) atoms. The van der Waals surface area contributed by atoms with Crippen LogP contribution in [0.2, 0.25) is 0 Å². The Balaban J connectivity index is 2.38.